The fourth-order valence-corrected chi connectivity index (χ4v) is 5.62. The van der Waals surface area contributed by atoms with E-state index in [0.29, 0.717) is 11.5 Å². The van der Waals surface area contributed by atoms with Crippen LogP contribution in [-0.2, 0) is 5.41 Å². The summed E-state index contributed by atoms with van der Waals surface area (Å²) in [5.41, 5.74) is 10.6. The molecule has 0 saturated heterocycles. The van der Waals surface area contributed by atoms with Crippen molar-refractivity contribution in [1.82, 2.24) is 0 Å². The van der Waals surface area contributed by atoms with Gasteiger partial charge in [-0.25, -0.2) is 0 Å². The van der Waals surface area contributed by atoms with Crippen molar-refractivity contribution in [1.29, 1.82) is 0 Å². The zero-order valence-electron chi connectivity index (χ0n) is 21.7. The molecule has 180 valence electrons. The number of benzene rings is 4. The Bertz CT molecular complexity index is 1230. The first-order valence-corrected chi connectivity index (χ1v) is 12.5. The van der Waals surface area contributed by atoms with Gasteiger partial charge in [0.1, 0.15) is 11.5 Å². The molecule has 2 heteroatoms. The molecular formula is C33H36O2. The summed E-state index contributed by atoms with van der Waals surface area (Å²) in [7, 11) is 0. The molecule has 0 radical (unpaired) electrons. The van der Waals surface area contributed by atoms with E-state index in [-0.39, 0.29) is 5.41 Å². The van der Waals surface area contributed by atoms with Crippen molar-refractivity contribution in [3.8, 4) is 33.8 Å². The van der Waals surface area contributed by atoms with Gasteiger partial charge in [-0.15, -0.1) is 0 Å². The van der Waals surface area contributed by atoms with E-state index in [0.717, 1.165) is 35.1 Å². The molecule has 0 aliphatic rings. The third-order valence-corrected chi connectivity index (χ3v) is 7.37. The molecule has 0 spiro atoms. The Balaban J connectivity index is 1.90. The molecule has 0 saturated carbocycles. The topological polar surface area (TPSA) is 40.5 Å². The van der Waals surface area contributed by atoms with Crippen LogP contribution in [0.3, 0.4) is 0 Å². The van der Waals surface area contributed by atoms with Crippen molar-refractivity contribution < 1.29 is 10.2 Å². The Labute approximate surface area is 209 Å². The lowest BCUT2D eigenvalue weighted by atomic mass is 9.69. The van der Waals surface area contributed by atoms with E-state index in [4.69, 9.17) is 0 Å². The third-order valence-electron chi connectivity index (χ3n) is 7.37. The van der Waals surface area contributed by atoms with Crippen LogP contribution in [0.1, 0.15) is 60.1 Å². The molecule has 35 heavy (non-hydrogen) atoms. The highest BCUT2D eigenvalue weighted by molar-refractivity contribution is 5.75. The molecule has 0 unspecified atom stereocenters. The Kier molecular flexibility index (Phi) is 6.76. The van der Waals surface area contributed by atoms with Crippen molar-refractivity contribution in [2.75, 3.05) is 0 Å². The predicted molar refractivity (Wildman–Crippen MR) is 147 cm³/mol. The summed E-state index contributed by atoms with van der Waals surface area (Å²) in [5, 5.41) is 21.6. The summed E-state index contributed by atoms with van der Waals surface area (Å²) in [4.78, 5) is 0. The van der Waals surface area contributed by atoms with Crippen molar-refractivity contribution >= 4 is 0 Å². The second-order valence-electron chi connectivity index (χ2n) is 10.0. The maximum atomic E-state index is 10.8. The van der Waals surface area contributed by atoms with Crippen LogP contribution in [0, 0.1) is 27.7 Å². The number of hydrogen-bond acceptors (Lipinski definition) is 2. The maximum absolute atomic E-state index is 10.8. The average Bonchev–Trinajstić information content (AvgIpc) is 2.80. The molecule has 0 atom stereocenters. The van der Waals surface area contributed by atoms with Crippen molar-refractivity contribution in [3.63, 3.8) is 0 Å². The Morgan fingerprint density at radius 2 is 0.857 bits per heavy atom. The van der Waals surface area contributed by atoms with E-state index >= 15 is 0 Å². The minimum Gasteiger partial charge on any atom is -0.507 e. The first kappa shape index (κ1) is 24.6. The van der Waals surface area contributed by atoms with Gasteiger partial charge in [0.15, 0.2) is 0 Å². The minimum atomic E-state index is -0.247. The van der Waals surface area contributed by atoms with Crippen LogP contribution in [0.2, 0.25) is 0 Å². The number of phenols is 2. The SMILES string of the molecule is CCC(CC)(c1ccc(O)c(-c2cc(C)cc(C)c2)c1)c1ccc(O)c(-c2cc(C)cc(C)c2)c1. The molecule has 4 aromatic rings. The molecule has 4 rings (SSSR count). The van der Waals surface area contributed by atoms with E-state index in [1.807, 2.05) is 12.1 Å². The van der Waals surface area contributed by atoms with Crippen LogP contribution in [0.15, 0.2) is 72.8 Å². The summed E-state index contributed by atoms with van der Waals surface area (Å²) in [6, 6.07) is 24.9. The van der Waals surface area contributed by atoms with E-state index in [1.54, 1.807) is 0 Å². The Morgan fingerprint density at radius 1 is 0.514 bits per heavy atom. The van der Waals surface area contributed by atoms with Gasteiger partial charge >= 0.3 is 0 Å². The van der Waals surface area contributed by atoms with Gasteiger partial charge < -0.3 is 10.2 Å². The van der Waals surface area contributed by atoms with Crippen LogP contribution in [0.25, 0.3) is 22.3 Å². The Hall–Kier alpha value is -3.52. The summed E-state index contributed by atoms with van der Waals surface area (Å²) < 4.78 is 0. The normalized spacial score (nSPS) is 11.6. The predicted octanol–water partition coefficient (Wildman–Crippen LogP) is 8.77. The Morgan fingerprint density at radius 3 is 1.17 bits per heavy atom. The second-order valence-corrected chi connectivity index (χ2v) is 10.0. The highest BCUT2D eigenvalue weighted by atomic mass is 16.3. The molecule has 0 heterocycles. The third kappa shape index (κ3) is 4.71. The van der Waals surface area contributed by atoms with E-state index in [1.165, 1.54) is 33.4 Å². The standard InChI is InChI=1S/C33H36O2/c1-7-33(8-2,27-9-11-31(34)29(19-27)25-15-21(3)13-22(4)16-25)28-10-12-32(35)30(20-28)26-17-23(5)14-24(6)18-26/h9-20,34-35H,7-8H2,1-6H3. The van der Waals surface area contributed by atoms with Crippen LogP contribution in [0.4, 0.5) is 0 Å². The van der Waals surface area contributed by atoms with Gasteiger partial charge in [0.25, 0.3) is 0 Å². The van der Waals surface area contributed by atoms with Crippen molar-refractivity contribution in [2.24, 2.45) is 0 Å². The second kappa shape index (κ2) is 9.62. The van der Waals surface area contributed by atoms with Gasteiger partial charge in [0.2, 0.25) is 0 Å². The highest BCUT2D eigenvalue weighted by Crippen LogP contribution is 2.44. The maximum Gasteiger partial charge on any atom is 0.123 e. The van der Waals surface area contributed by atoms with Crippen LogP contribution < -0.4 is 0 Å². The average molecular weight is 465 g/mol. The largest absolute Gasteiger partial charge is 0.507 e. The lowest BCUT2D eigenvalue weighted by molar-refractivity contribution is 0.463. The number of aryl methyl sites for hydroxylation is 4. The zero-order valence-corrected chi connectivity index (χ0v) is 21.7. The molecule has 0 aromatic heterocycles. The molecule has 4 aromatic carbocycles. The number of phenolic OH excluding ortho intramolecular Hbond substituents is 2. The first-order chi connectivity index (χ1) is 16.7. The lowest BCUT2D eigenvalue weighted by Crippen LogP contribution is -2.26. The monoisotopic (exact) mass is 464 g/mol. The highest BCUT2D eigenvalue weighted by Gasteiger charge is 2.32. The summed E-state index contributed by atoms with van der Waals surface area (Å²) in [6.45, 7) is 12.8. The smallest absolute Gasteiger partial charge is 0.123 e. The van der Waals surface area contributed by atoms with Crippen LogP contribution in [-0.4, -0.2) is 10.2 Å². The summed E-state index contributed by atoms with van der Waals surface area (Å²) in [6.07, 6.45) is 1.80. The molecular weight excluding hydrogens is 428 g/mol. The van der Waals surface area contributed by atoms with E-state index < -0.39 is 0 Å². The molecule has 2 N–H and O–H groups in total. The van der Waals surface area contributed by atoms with Gasteiger partial charge in [-0.3, -0.25) is 0 Å². The van der Waals surface area contributed by atoms with Gasteiger partial charge in [0.05, 0.1) is 0 Å². The number of hydrogen-bond donors (Lipinski definition) is 2. The van der Waals surface area contributed by atoms with Gasteiger partial charge in [0, 0.05) is 16.5 Å². The molecule has 0 aliphatic carbocycles. The molecule has 0 bridgehead atoms. The van der Waals surface area contributed by atoms with Gasteiger partial charge in [-0.2, -0.15) is 0 Å². The fourth-order valence-electron chi connectivity index (χ4n) is 5.62. The zero-order chi connectivity index (χ0) is 25.3. The first-order valence-electron chi connectivity index (χ1n) is 12.5. The van der Waals surface area contributed by atoms with Crippen LogP contribution >= 0.6 is 0 Å². The summed E-state index contributed by atoms with van der Waals surface area (Å²) >= 11 is 0. The molecule has 2 nitrogen and oxygen atoms in total. The fraction of sp³-hybridized carbons (Fsp3) is 0.273. The van der Waals surface area contributed by atoms with E-state index in [2.05, 4.69) is 102 Å². The molecule has 0 aliphatic heterocycles. The van der Waals surface area contributed by atoms with Crippen molar-refractivity contribution in [2.45, 2.75) is 59.8 Å². The van der Waals surface area contributed by atoms with Crippen LogP contribution in [0.5, 0.6) is 11.5 Å². The van der Waals surface area contributed by atoms with E-state index in [9.17, 15) is 10.2 Å². The molecule has 0 amide bonds. The quantitative estimate of drug-likeness (QED) is 0.299. The summed E-state index contributed by atoms with van der Waals surface area (Å²) in [5.74, 6) is 0.586. The van der Waals surface area contributed by atoms with Crippen molar-refractivity contribution in [3.05, 3.63) is 106 Å². The minimum absolute atomic E-state index is 0.247. The molecule has 0 fully saturated rings. The van der Waals surface area contributed by atoms with Gasteiger partial charge in [-0.1, -0.05) is 84.6 Å². The number of rotatable bonds is 6. The van der Waals surface area contributed by atoms with Gasteiger partial charge in [-0.05, 0) is 87.1 Å². The number of aromatic hydroxyl groups is 2. The lowest BCUT2D eigenvalue weighted by Gasteiger charge is -2.34.